The van der Waals surface area contributed by atoms with Gasteiger partial charge in [-0.15, -0.1) is 0 Å². The van der Waals surface area contributed by atoms with Crippen LogP contribution in [0.1, 0.15) is 55.3 Å². The lowest BCUT2D eigenvalue weighted by Crippen LogP contribution is -2.42. The molecule has 0 atom stereocenters. The number of anilines is 3. The Morgan fingerprint density at radius 3 is 2.29 bits per heavy atom. The van der Waals surface area contributed by atoms with Crippen molar-refractivity contribution in [1.29, 1.82) is 0 Å². The summed E-state index contributed by atoms with van der Waals surface area (Å²) in [5, 5.41) is 5.98. The van der Waals surface area contributed by atoms with Crippen LogP contribution < -0.4 is 21.3 Å². The number of benzene rings is 1. The van der Waals surface area contributed by atoms with Gasteiger partial charge < -0.3 is 21.3 Å². The minimum absolute atomic E-state index is 0.0596. The van der Waals surface area contributed by atoms with E-state index in [0.717, 1.165) is 24.2 Å². The quantitative estimate of drug-likeness (QED) is 0.652. The highest BCUT2D eigenvalue weighted by molar-refractivity contribution is 6.02. The Morgan fingerprint density at radius 1 is 1.14 bits per heavy atom. The van der Waals surface area contributed by atoms with Gasteiger partial charge in [-0.05, 0) is 57.1 Å². The van der Waals surface area contributed by atoms with Gasteiger partial charge in [-0.2, -0.15) is 13.2 Å². The Bertz CT molecular complexity index is 710. The Labute approximate surface area is 163 Å². The summed E-state index contributed by atoms with van der Waals surface area (Å²) >= 11 is 0. The number of nitrogens with zero attached hydrogens (tertiary/aromatic N) is 1. The van der Waals surface area contributed by atoms with E-state index in [1.54, 1.807) is 13.1 Å². The molecule has 0 bridgehead atoms. The highest BCUT2D eigenvalue weighted by atomic mass is 19.4. The number of alkyl halides is 3. The highest BCUT2D eigenvalue weighted by Gasteiger charge is 2.41. The van der Waals surface area contributed by atoms with Crippen molar-refractivity contribution >= 4 is 23.0 Å². The fourth-order valence-electron chi connectivity index (χ4n) is 4.09. The second-order valence-electron chi connectivity index (χ2n) is 7.97. The van der Waals surface area contributed by atoms with Crippen molar-refractivity contribution in [1.82, 2.24) is 5.32 Å². The fourth-order valence-corrected chi connectivity index (χ4v) is 4.09. The Hall–Kier alpha value is -2.12. The van der Waals surface area contributed by atoms with Gasteiger partial charge in [0.05, 0.1) is 28.5 Å². The van der Waals surface area contributed by atoms with E-state index >= 15 is 0 Å². The van der Waals surface area contributed by atoms with Gasteiger partial charge in [0, 0.05) is 26.2 Å². The second kappa shape index (κ2) is 8.09. The van der Waals surface area contributed by atoms with E-state index in [1.165, 1.54) is 6.42 Å². The third kappa shape index (κ3) is 4.31. The number of carbonyl (C=O) groups is 1. The van der Waals surface area contributed by atoms with E-state index in [2.05, 4.69) is 15.5 Å². The van der Waals surface area contributed by atoms with Gasteiger partial charge in [-0.25, -0.2) is 0 Å². The van der Waals surface area contributed by atoms with Crippen LogP contribution in [0.5, 0.6) is 0 Å². The van der Waals surface area contributed by atoms with Crippen LogP contribution in [0.3, 0.4) is 0 Å². The fraction of sp³-hybridized carbons (Fsp3) is 0.650. The average Bonchev–Trinajstić information content (AvgIpc) is 2.59. The molecule has 0 unspecified atom stereocenters. The SMILES string of the molecule is CNc1cc(N(C)C2CCC2)c(C(=O)NC2CCC(C(F)(F)F)CC2)cc1N. The van der Waals surface area contributed by atoms with Crippen LogP contribution in [-0.4, -0.2) is 38.3 Å². The molecule has 0 aromatic heterocycles. The minimum atomic E-state index is -4.15. The van der Waals surface area contributed by atoms with Crippen molar-refractivity contribution in [2.24, 2.45) is 5.92 Å². The molecule has 3 rings (SSSR count). The Morgan fingerprint density at radius 2 is 1.79 bits per heavy atom. The van der Waals surface area contributed by atoms with Gasteiger partial charge in [-0.3, -0.25) is 4.79 Å². The maximum atomic E-state index is 13.0. The van der Waals surface area contributed by atoms with E-state index in [0.29, 0.717) is 30.1 Å². The largest absolute Gasteiger partial charge is 0.397 e. The number of nitrogens with two attached hydrogens (primary N) is 1. The second-order valence-corrected chi connectivity index (χ2v) is 7.97. The molecule has 0 saturated heterocycles. The van der Waals surface area contributed by atoms with E-state index < -0.39 is 12.1 Å². The number of carbonyl (C=O) groups excluding carboxylic acids is 1. The molecule has 2 saturated carbocycles. The zero-order valence-corrected chi connectivity index (χ0v) is 16.4. The van der Waals surface area contributed by atoms with Crippen LogP contribution in [0.4, 0.5) is 30.2 Å². The van der Waals surface area contributed by atoms with Gasteiger partial charge in [0.2, 0.25) is 0 Å². The lowest BCUT2D eigenvalue weighted by Gasteiger charge is -2.38. The van der Waals surface area contributed by atoms with E-state index in [9.17, 15) is 18.0 Å². The number of hydrogen-bond acceptors (Lipinski definition) is 4. The monoisotopic (exact) mass is 398 g/mol. The van der Waals surface area contributed by atoms with Gasteiger partial charge in [0.1, 0.15) is 0 Å². The molecule has 8 heteroatoms. The Kier molecular flexibility index (Phi) is 5.95. The summed E-state index contributed by atoms with van der Waals surface area (Å²) in [7, 11) is 3.75. The van der Waals surface area contributed by atoms with Crippen LogP contribution in [0, 0.1) is 5.92 Å². The van der Waals surface area contributed by atoms with Crippen LogP contribution in [-0.2, 0) is 0 Å². The molecule has 2 aliphatic rings. The predicted octanol–water partition coefficient (Wildman–Crippen LogP) is 4.15. The molecule has 1 amide bonds. The van der Waals surface area contributed by atoms with E-state index in [1.807, 2.05) is 13.1 Å². The number of amides is 1. The summed E-state index contributed by atoms with van der Waals surface area (Å²) in [6.07, 6.45) is -0.00964. The number of halogens is 3. The Balaban J connectivity index is 1.74. The van der Waals surface area contributed by atoms with E-state index in [4.69, 9.17) is 5.73 Å². The average molecular weight is 398 g/mol. The summed E-state index contributed by atoms with van der Waals surface area (Å²) in [5.74, 6) is -1.53. The topological polar surface area (TPSA) is 70.4 Å². The zero-order chi connectivity index (χ0) is 20.5. The smallest absolute Gasteiger partial charge is 0.391 e. The third-order valence-electron chi connectivity index (χ3n) is 6.21. The van der Waals surface area contributed by atoms with Crippen LogP contribution in [0.2, 0.25) is 0 Å². The number of hydrogen-bond donors (Lipinski definition) is 3. The van der Waals surface area contributed by atoms with Crippen molar-refractivity contribution in [3.63, 3.8) is 0 Å². The maximum absolute atomic E-state index is 13.0. The first kappa shape index (κ1) is 20.6. The van der Waals surface area contributed by atoms with Crippen molar-refractivity contribution in [3.05, 3.63) is 17.7 Å². The summed E-state index contributed by atoms with van der Waals surface area (Å²) in [6, 6.07) is 3.69. The van der Waals surface area contributed by atoms with Crippen molar-refractivity contribution in [2.75, 3.05) is 30.0 Å². The lowest BCUT2D eigenvalue weighted by molar-refractivity contribution is -0.182. The number of nitrogens with one attached hydrogen (secondary N) is 2. The third-order valence-corrected chi connectivity index (χ3v) is 6.21. The van der Waals surface area contributed by atoms with E-state index in [-0.39, 0.29) is 24.8 Å². The molecule has 1 aromatic rings. The van der Waals surface area contributed by atoms with Crippen molar-refractivity contribution < 1.29 is 18.0 Å². The molecule has 0 spiro atoms. The molecule has 0 radical (unpaired) electrons. The molecule has 4 N–H and O–H groups in total. The maximum Gasteiger partial charge on any atom is 0.391 e. The summed E-state index contributed by atoms with van der Waals surface area (Å²) < 4.78 is 38.6. The van der Waals surface area contributed by atoms with Crippen molar-refractivity contribution in [2.45, 2.75) is 63.2 Å². The van der Waals surface area contributed by atoms with Crippen LogP contribution >= 0.6 is 0 Å². The normalized spacial score (nSPS) is 23.0. The summed E-state index contributed by atoms with van der Waals surface area (Å²) in [5.41, 5.74) is 8.57. The molecule has 156 valence electrons. The van der Waals surface area contributed by atoms with Crippen LogP contribution in [0.25, 0.3) is 0 Å². The van der Waals surface area contributed by atoms with Gasteiger partial charge >= 0.3 is 6.18 Å². The van der Waals surface area contributed by atoms with Gasteiger partial charge in [0.15, 0.2) is 0 Å². The molecule has 5 nitrogen and oxygen atoms in total. The van der Waals surface area contributed by atoms with Gasteiger partial charge in [-0.1, -0.05) is 0 Å². The molecular formula is C20H29F3N4O. The number of rotatable bonds is 5. The molecule has 2 fully saturated rings. The number of nitrogen functional groups attached to an aromatic ring is 1. The first-order valence-electron chi connectivity index (χ1n) is 9.92. The molecule has 1 aromatic carbocycles. The molecule has 0 heterocycles. The summed E-state index contributed by atoms with van der Waals surface area (Å²) in [6.45, 7) is 0. The van der Waals surface area contributed by atoms with Crippen molar-refractivity contribution in [3.8, 4) is 0 Å². The molecule has 2 aliphatic carbocycles. The highest BCUT2D eigenvalue weighted by Crippen LogP contribution is 2.38. The molecular weight excluding hydrogens is 369 g/mol. The zero-order valence-electron chi connectivity index (χ0n) is 16.4. The minimum Gasteiger partial charge on any atom is -0.397 e. The molecule has 0 aliphatic heterocycles. The van der Waals surface area contributed by atoms with Gasteiger partial charge in [0.25, 0.3) is 5.91 Å². The standard InChI is InChI=1S/C20H29F3N4O/c1-25-17-11-18(27(2)14-4-3-5-14)15(10-16(17)24)19(28)26-13-8-6-12(7-9-13)20(21,22)23/h10-14,25H,3-9,24H2,1-2H3,(H,26,28). The first-order valence-corrected chi connectivity index (χ1v) is 9.92. The lowest BCUT2D eigenvalue weighted by atomic mass is 9.85. The predicted molar refractivity (Wildman–Crippen MR) is 106 cm³/mol. The summed E-state index contributed by atoms with van der Waals surface area (Å²) in [4.78, 5) is 15.1. The molecule has 28 heavy (non-hydrogen) atoms. The first-order chi connectivity index (χ1) is 13.2. The van der Waals surface area contributed by atoms with Crippen LogP contribution in [0.15, 0.2) is 12.1 Å².